The molecule has 0 spiro atoms. The van der Waals surface area contributed by atoms with Gasteiger partial charge in [-0.25, -0.2) is 4.79 Å². The van der Waals surface area contributed by atoms with Gasteiger partial charge in [0.1, 0.15) is 5.69 Å². The molecular weight excluding hydrogens is 347 g/mol. The molecule has 0 saturated carbocycles. The lowest BCUT2D eigenvalue weighted by Gasteiger charge is -2.18. The van der Waals surface area contributed by atoms with Crippen molar-refractivity contribution in [3.05, 3.63) is 18.0 Å². The van der Waals surface area contributed by atoms with Crippen molar-refractivity contribution < 1.29 is 32.7 Å². The summed E-state index contributed by atoms with van der Waals surface area (Å²) in [4.78, 5) is 35.2. The number of carbonyl (C=O) groups is 3. The molecule has 4 N–H and O–H groups in total. The van der Waals surface area contributed by atoms with Crippen LogP contribution in [-0.4, -0.2) is 70.5 Å². The van der Waals surface area contributed by atoms with Crippen LogP contribution < -0.4 is 10.6 Å². The molecular formula is C13H16F3N5O4. The number of carboxylic acid groups (broad SMARTS) is 1. The standard InChI is InChI=1S/C13H16F3N5O4/c14-13(15,16)8-6-21(5-7(8)11(23)24)12(25)18-4-3-17-10(22)9-1-2-19-20-9/h1-2,7-8H,3-6H2,(H,17,22)(H,18,25)(H,19,20)(H,23,24)/t7-,8-/m1/s1. The molecule has 0 aliphatic carbocycles. The quantitative estimate of drug-likeness (QED) is 0.550. The predicted molar refractivity (Wildman–Crippen MR) is 76.6 cm³/mol. The number of amides is 3. The van der Waals surface area contributed by atoms with E-state index in [4.69, 9.17) is 5.11 Å². The second-order valence-electron chi connectivity index (χ2n) is 5.46. The molecule has 1 aliphatic heterocycles. The Bertz CT molecular complexity index is 634. The molecule has 138 valence electrons. The van der Waals surface area contributed by atoms with Crippen molar-refractivity contribution >= 4 is 17.9 Å². The van der Waals surface area contributed by atoms with E-state index in [-0.39, 0.29) is 18.8 Å². The highest BCUT2D eigenvalue weighted by Gasteiger charge is 2.53. The number of halogens is 3. The number of alkyl halides is 3. The van der Waals surface area contributed by atoms with Gasteiger partial charge in [-0.3, -0.25) is 14.7 Å². The summed E-state index contributed by atoms with van der Waals surface area (Å²) in [7, 11) is 0. The van der Waals surface area contributed by atoms with E-state index in [1.807, 2.05) is 0 Å². The van der Waals surface area contributed by atoms with Crippen LogP contribution in [0.2, 0.25) is 0 Å². The van der Waals surface area contributed by atoms with Crippen molar-refractivity contribution in [1.29, 1.82) is 0 Å². The monoisotopic (exact) mass is 363 g/mol. The molecule has 0 bridgehead atoms. The first-order chi connectivity index (χ1) is 11.7. The van der Waals surface area contributed by atoms with Gasteiger partial charge in [0.05, 0.1) is 11.8 Å². The van der Waals surface area contributed by atoms with Gasteiger partial charge >= 0.3 is 18.2 Å². The van der Waals surface area contributed by atoms with E-state index >= 15 is 0 Å². The average molecular weight is 363 g/mol. The lowest BCUT2D eigenvalue weighted by atomic mass is 9.96. The van der Waals surface area contributed by atoms with Gasteiger partial charge < -0.3 is 20.6 Å². The number of urea groups is 1. The summed E-state index contributed by atoms with van der Waals surface area (Å²) in [6.45, 7) is -1.22. The van der Waals surface area contributed by atoms with Crippen molar-refractivity contribution in [2.24, 2.45) is 11.8 Å². The summed E-state index contributed by atoms with van der Waals surface area (Å²) in [5, 5.41) is 19.8. The van der Waals surface area contributed by atoms with E-state index in [1.54, 1.807) is 0 Å². The number of H-pyrrole nitrogens is 1. The van der Waals surface area contributed by atoms with Crippen molar-refractivity contribution in [1.82, 2.24) is 25.7 Å². The maximum atomic E-state index is 12.9. The van der Waals surface area contributed by atoms with E-state index in [0.717, 1.165) is 4.90 Å². The van der Waals surface area contributed by atoms with E-state index < -0.39 is 49.0 Å². The summed E-state index contributed by atoms with van der Waals surface area (Å²) in [6.07, 6.45) is -3.31. The molecule has 2 rings (SSSR count). The number of carboxylic acids is 1. The minimum absolute atomic E-state index is 0.0242. The number of hydrogen-bond acceptors (Lipinski definition) is 4. The third kappa shape index (κ3) is 4.61. The van der Waals surface area contributed by atoms with Crippen LogP contribution in [-0.2, 0) is 4.79 Å². The molecule has 9 nitrogen and oxygen atoms in total. The van der Waals surface area contributed by atoms with Gasteiger partial charge in [-0.1, -0.05) is 0 Å². The molecule has 1 saturated heterocycles. The van der Waals surface area contributed by atoms with E-state index in [0.29, 0.717) is 0 Å². The van der Waals surface area contributed by atoms with E-state index in [9.17, 15) is 27.6 Å². The number of nitrogens with one attached hydrogen (secondary N) is 3. The van der Waals surface area contributed by atoms with Crippen molar-refractivity contribution in [2.45, 2.75) is 6.18 Å². The number of rotatable bonds is 5. The molecule has 25 heavy (non-hydrogen) atoms. The van der Waals surface area contributed by atoms with E-state index in [2.05, 4.69) is 20.8 Å². The van der Waals surface area contributed by atoms with Crippen molar-refractivity contribution in [3.8, 4) is 0 Å². The summed E-state index contributed by atoms with van der Waals surface area (Å²) in [5.74, 6) is -5.83. The molecule has 0 radical (unpaired) electrons. The second kappa shape index (κ2) is 7.40. The fourth-order valence-electron chi connectivity index (χ4n) is 2.49. The molecule has 3 amide bonds. The second-order valence-corrected chi connectivity index (χ2v) is 5.46. The van der Waals surface area contributed by atoms with Crippen LogP contribution in [0.5, 0.6) is 0 Å². The number of aromatic amines is 1. The van der Waals surface area contributed by atoms with Crippen LogP contribution in [0.15, 0.2) is 12.3 Å². The van der Waals surface area contributed by atoms with Gasteiger partial charge in [-0.05, 0) is 6.07 Å². The van der Waals surface area contributed by atoms with Crippen LogP contribution in [0.25, 0.3) is 0 Å². The fourth-order valence-corrected chi connectivity index (χ4v) is 2.49. The van der Waals surface area contributed by atoms with Crippen LogP contribution >= 0.6 is 0 Å². The molecule has 2 atom stereocenters. The van der Waals surface area contributed by atoms with Gasteiger partial charge in [0.15, 0.2) is 0 Å². The first-order valence-corrected chi connectivity index (χ1v) is 7.30. The Hall–Kier alpha value is -2.79. The average Bonchev–Trinajstić information content (AvgIpc) is 3.19. The maximum absolute atomic E-state index is 12.9. The zero-order valence-electron chi connectivity index (χ0n) is 12.8. The normalized spacial score (nSPS) is 20.4. The highest BCUT2D eigenvalue weighted by atomic mass is 19.4. The third-order valence-electron chi connectivity index (χ3n) is 3.78. The minimum Gasteiger partial charge on any atom is -0.481 e. The van der Waals surface area contributed by atoms with Crippen molar-refractivity contribution in [3.63, 3.8) is 0 Å². The number of nitrogens with zero attached hydrogens (tertiary/aromatic N) is 2. The highest BCUT2D eigenvalue weighted by Crippen LogP contribution is 2.37. The smallest absolute Gasteiger partial charge is 0.394 e. The fraction of sp³-hybridized carbons (Fsp3) is 0.538. The number of hydrogen-bond donors (Lipinski definition) is 4. The largest absolute Gasteiger partial charge is 0.481 e. The first-order valence-electron chi connectivity index (χ1n) is 7.30. The van der Waals surface area contributed by atoms with Crippen LogP contribution in [0, 0.1) is 11.8 Å². The number of aromatic nitrogens is 2. The maximum Gasteiger partial charge on any atom is 0.394 e. The van der Waals surface area contributed by atoms with Gasteiger partial charge in [-0.2, -0.15) is 18.3 Å². The van der Waals surface area contributed by atoms with Crippen LogP contribution in [0.1, 0.15) is 10.5 Å². The Balaban J connectivity index is 1.79. The molecule has 1 aliphatic rings. The number of aliphatic carboxylic acids is 1. The zero-order valence-corrected chi connectivity index (χ0v) is 12.8. The molecule has 1 aromatic heterocycles. The summed E-state index contributed by atoms with van der Waals surface area (Å²) >= 11 is 0. The van der Waals surface area contributed by atoms with Gasteiger partial charge in [0.2, 0.25) is 0 Å². The zero-order chi connectivity index (χ0) is 18.6. The molecule has 12 heteroatoms. The minimum atomic E-state index is -4.70. The summed E-state index contributed by atoms with van der Waals surface area (Å²) < 4.78 is 38.6. The lowest BCUT2D eigenvalue weighted by Crippen LogP contribution is -2.42. The number of carbonyl (C=O) groups excluding carboxylic acids is 2. The SMILES string of the molecule is O=C(NCCNC(=O)N1C[C@@H](C(F)(F)F)[C@H](C(=O)O)C1)c1ccn[nH]1. The Kier molecular flexibility index (Phi) is 5.49. The topological polar surface area (TPSA) is 127 Å². The summed E-state index contributed by atoms with van der Waals surface area (Å²) in [5.41, 5.74) is 0.225. The Morgan fingerprint density at radius 2 is 1.96 bits per heavy atom. The molecule has 0 unspecified atom stereocenters. The molecule has 1 fully saturated rings. The third-order valence-corrected chi connectivity index (χ3v) is 3.78. The van der Waals surface area contributed by atoms with Gasteiger partial charge in [0, 0.05) is 32.4 Å². The van der Waals surface area contributed by atoms with Gasteiger partial charge in [-0.15, -0.1) is 0 Å². The first kappa shape index (κ1) is 18.5. The predicted octanol–water partition coefficient (Wildman–Crippen LogP) is 0.0440. The summed E-state index contributed by atoms with van der Waals surface area (Å²) in [6, 6.07) is 0.635. The Morgan fingerprint density at radius 3 is 2.48 bits per heavy atom. The molecule has 0 aromatic carbocycles. The highest BCUT2D eigenvalue weighted by molar-refractivity contribution is 5.92. The Labute approximate surface area is 139 Å². The number of likely N-dealkylation sites (tertiary alicyclic amines) is 1. The lowest BCUT2D eigenvalue weighted by molar-refractivity contribution is -0.187. The Morgan fingerprint density at radius 1 is 1.28 bits per heavy atom. The van der Waals surface area contributed by atoms with Gasteiger partial charge in [0.25, 0.3) is 5.91 Å². The van der Waals surface area contributed by atoms with Crippen molar-refractivity contribution in [2.75, 3.05) is 26.2 Å². The molecule has 2 heterocycles. The molecule has 1 aromatic rings. The van der Waals surface area contributed by atoms with Crippen LogP contribution in [0.4, 0.5) is 18.0 Å². The van der Waals surface area contributed by atoms with E-state index in [1.165, 1.54) is 12.3 Å². The van der Waals surface area contributed by atoms with Crippen LogP contribution in [0.3, 0.4) is 0 Å².